The van der Waals surface area contributed by atoms with Crippen LogP contribution in [0.3, 0.4) is 0 Å². The molecule has 0 bridgehead atoms. The minimum absolute atomic E-state index is 0.551. The molecular formula is C14H20O2. The Morgan fingerprint density at radius 2 is 1.88 bits per heavy atom. The zero-order valence-electron chi connectivity index (χ0n) is 10.5. The number of rotatable bonds is 5. The van der Waals surface area contributed by atoms with Gasteiger partial charge in [0.2, 0.25) is 5.79 Å². The Balaban J connectivity index is 2.79. The maximum atomic E-state index is 5.78. The van der Waals surface area contributed by atoms with Gasteiger partial charge in [-0.2, -0.15) is 0 Å². The van der Waals surface area contributed by atoms with Gasteiger partial charge >= 0.3 is 0 Å². The molecule has 0 aliphatic heterocycles. The maximum absolute atomic E-state index is 5.78. The van der Waals surface area contributed by atoms with E-state index in [1.807, 2.05) is 45.0 Å². The molecule has 0 saturated carbocycles. The van der Waals surface area contributed by atoms with Gasteiger partial charge < -0.3 is 9.47 Å². The standard InChI is InChI=1S/C14H20O2/c1-6-14(4,15-5)16-13-9-7-12(8-10-13)11(2)3/h7-10H,2,6H2,1,3-5H3. The molecule has 0 radical (unpaired) electrons. The van der Waals surface area contributed by atoms with Gasteiger partial charge in [-0.1, -0.05) is 31.2 Å². The van der Waals surface area contributed by atoms with Crippen molar-refractivity contribution in [1.82, 2.24) is 0 Å². The zero-order chi connectivity index (χ0) is 12.2. The molecule has 2 nitrogen and oxygen atoms in total. The van der Waals surface area contributed by atoms with Crippen LogP contribution >= 0.6 is 0 Å². The van der Waals surface area contributed by atoms with E-state index in [9.17, 15) is 0 Å². The van der Waals surface area contributed by atoms with Crippen LogP contribution in [0.25, 0.3) is 5.57 Å². The van der Waals surface area contributed by atoms with Gasteiger partial charge in [-0.15, -0.1) is 0 Å². The third-order valence-corrected chi connectivity index (χ3v) is 2.75. The lowest BCUT2D eigenvalue weighted by atomic mass is 10.1. The molecule has 1 aromatic rings. The molecule has 1 aromatic carbocycles. The predicted octanol–water partition coefficient (Wildman–Crippen LogP) is 3.87. The molecule has 0 amide bonds. The van der Waals surface area contributed by atoms with Crippen molar-refractivity contribution in [1.29, 1.82) is 0 Å². The summed E-state index contributed by atoms with van der Waals surface area (Å²) in [4.78, 5) is 0. The Bertz CT molecular complexity index is 348. The van der Waals surface area contributed by atoms with Crippen LogP contribution in [0.15, 0.2) is 30.8 Å². The molecule has 1 rings (SSSR count). The van der Waals surface area contributed by atoms with Crippen molar-refractivity contribution in [3.63, 3.8) is 0 Å². The fourth-order valence-corrected chi connectivity index (χ4v) is 1.31. The van der Waals surface area contributed by atoms with Crippen molar-refractivity contribution >= 4 is 5.57 Å². The van der Waals surface area contributed by atoms with Gasteiger partial charge in [0.1, 0.15) is 5.75 Å². The molecule has 0 aliphatic rings. The largest absolute Gasteiger partial charge is 0.463 e. The molecule has 0 spiro atoms. The van der Waals surface area contributed by atoms with E-state index in [2.05, 4.69) is 6.58 Å². The monoisotopic (exact) mass is 220 g/mol. The topological polar surface area (TPSA) is 18.5 Å². The Labute approximate surface area is 97.9 Å². The number of allylic oxidation sites excluding steroid dienone is 1. The Hall–Kier alpha value is -1.28. The van der Waals surface area contributed by atoms with Crippen molar-refractivity contribution in [2.75, 3.05) is 7.11 Å². The van der Waals surface area contributed by atoms with E-state index in [1.54, 1.807) is 7.11 Å². The van der Waals surface area contributed by atoms with Crippen LogP contribution in [0.4, 0.5) is 0 Å². The highest BCUT2D eigenvalue weighted by Gasteiger charge is 2.22. The number of hydrogen-bond donors (Lipinski definition) is 0. The first-order valence-corrected chi connectivity index (χ1v) is 5.51. The molecule has 88 valence electrons. The fourth-order valence-electron chi connectivity index (χ4n) is 1.31. The minimum Gasteiger partial charge on any atom is -0.463 e. The number of methoxy groups -OCH3 is 1. The van der Waals surface area contributed by atoms with Crippen LogP contribution in [0.1, 0.15) is 32.8 Å². The third-order valence-electron chi connectivity index (χ3n) is 2.75. The number of ether oxygens (including phenoxy) is 2. The van der Waals surface area contributed by atoms with E-state index in [0.29, 0.717) is 0 Å². The molecule has 16 heavy (non-hydrogen) atoms. The smallest absolute Gasteiger partial charge is 0.207 e. The predicted molar refractivity (Wildman–Crippen MR) is 67.5 cm³/mol. The second kappa shape index (κ2) is 5.17. The third kappa shape index (κ3) is 3.11. The summed E-state index contributed by atoms with van der Waals surface area (Å²) < 4.78 is 11.1. The van der Waals surface area contributed by atoms with Gasteiger partial charge in [-0.3, -0.25) is 0 Å². The van der Waals surface area contributed by atoms with Crippen LogP contribution in [0.2, 0.25) is 0 Å². The summed E-state index contributed by atoms with van der Waals surface area (Å²) in [5.41, 5.74) is 2.18. The molecule has 1 atom stereocenters. The maximum Gasteiger partial charge on any atom is 0.207 e. The summed E-state index contributed by atoms with van der Waals surface area (Å²) in [7, 11) is 1.66. The molecule has 0 N–H and O–H groups in total. The molecule has 2 heteroatoms. The van der Waals surface area contributed by atoms with Gasteiger partial charge in [-0.05, 0) is 24.6 Å². The van der Waals surface area contributed by atoms with Crippen molar-refractivity contribution < 1.29 is 9.47 Å². The molecular weight excluding hydrogens is 200 g/mol. The summed E-state index contributed by atoms with van der Waals surface area (Å²) >= 11 is 0. The highest BCUT2D eigenvalue weighted by atomic mass is 16.7. The van der Waals surface area contributed by atoms with Crippen LogP contribution in [0, 0.1) is 0 Å². The first-order chi connectivity index (χ1) is 7.50. The fraction of sp³-hybridized carbons (Fsp3) is 0.429. The summed E-state index contributed by atoms with van der Waals surface area (Å²) in [6, 6.07) is 7.89. The summed E-state index contributed by atoms with van der Waals surface area (Å²) in [5.74, 6) is 0.265. The van der Waals surface area contributed by atoms with E-state index in [4.69, 9.17) is 9.47 Å². The van der Waals surface area contributed by atoms with Crippen LogP contribution in [-0.2, 0) is 4.74 Å². The van der Waals surface area contributed by atoms with Crippen LogP contribution in [0.5, 0.6) is 5.75 Å². The quantitative estimate of drug-likeness (QED) is 0.701. The van der Waals surface area contributed by atoms with Gasteiger partial charge in [-0.25, -0.2) is 0 Å². The normalized spacial score (nSPS) is 14.2. The van der Waals surface area contributed by atoms with Crippen molar-refractivity contribution in [2.24, 2.45) is 0 Å². The van der Waals surface area contributed by atoms with E-state index in [0.717, 1.165) is 23.3 Å². The average molecular weight is 220 g/mol. The lowest BCUT2D eigenvalue weighted by Gasteiger charge is -2.27. The van der Waals surface area contributed by atoms with Gasteiger partial charge in [0.05, 0.1) is 0 Å². The summed E-state index contributed by atoms with van der Waals surface area (Å²) in [6.07, 6.45) is 0.797. The average Bonchev–Trinajstić information content (AvgIpc) is 2.29. The van der Waals surface area contributed by atoms with Crippen molar-refractivity contribution in [3.05, 3.63) is 36.4 Å². The first kappa shape index (κ1) is 12.8. The first-order valence-electron chi connectivity index (χ1n) is 5.51. The van der Waals surface area contributed by atoms with E-state index in [-0.39, 0.29) is 0 Å². The molecule has 0 saturated heterocycles. The molecule has 0 aromatic heterocycles. The summed E-state index contributed by atoms with van der Waals surface area (Å²) in [6.45, 7) is 9.85. The highest BCUT2D eigenvalue weighted by Crippen LogP contribution is 2.23. The van der Waals surface area contributed by atoms with Gasteiger partial charge in [0.25, 0.3) is 0 Å². The molecule has 0 aliphatic carbocycles. The SMILES string of the molecule is C=C(C)c1ccc(OC(C)(CC)OC)cc1. The Morgan fingerprint density at radius 1 is 1.31 bits per heavy atom. The van der Waals surface area contributed by atoms with Crippen molar-refractivity contribution in [3.8, 4) is 5.75 Å². The highest BCUT2D eigenvalue weighted by molar-refractivity contribution is 5.61. The van der Waals surface area contributed by atoms with E-state index < -0.39 is 5.79 Å². The Morgan fingerprint density at radius 3 is 2.25 bits per heavy atom. The molecule has 0 fully saturated rings. The lowest BCUT2D eigenvalue weighted by Crippen LogP contribution is -2.33. The zero-order valence-corrected chi connectivity index (χ0v) is 10.5. The molecule has 1 unspecified atom stereocenters. The van der Waals surface area contributed by atoms with Crippen LogP contribution < -0.4 is 4.74 Å². The molecule has 0 heterocycles. The lowest BCUT2D eigenvalue weighted by molar-refractivity contribution is -0.151. The second-order valence-corrected chi connectivity index (χ2v) is 4.10. The minimum atomic E-state index is -0.551. The second-order valence-electron chi connectivity index (χ2n) is 4.10. The van der Waals surface area contributed by atoms with Crippen molar-refractivity contribution in [2.45, 2.75) is 33.0 Å². The van der Waals surface area contributed by atoms with Gasteiger partial charge in [0.15, 0.2) is 0 Å². The van der Waals surface area contributed by atoms with Gasteiger partial charge in [0, 0.05) is 20.5 Å². The van der Waals surface area contributed by atoms with Crippen LogP contribution in [-0.4, -0.2) is 12.9 Å². The van der Waals surface area contributed by atoms with E-state index in [1.165, 1.54) is 0 Å². The number of benzene rings is 1. The summed E-state index contributed by atoms with van der Waals surface area (Å²) in [5, 5.41) is 0. The number of hydrogen-bond acceptors (Lipinski definition) is 2. The van der Waals surface area contributed by atoms with E-state index >= 15 is 0 Å². The Kier molecular flexibility index (Phi) is 4.13.